The summed E-state index contributed by atoms with van der Waals surface area (Å²) >= 11 is 5.18. The Hall–Kier alpha value is -0.760. The third-order valence-electron chi connectivity index (χ3n) is 2.19. The summed E-state index contributed by atoms with van der Waals surface area (Å²) in [5.41, 5.74) is 0.480. The normalized spacial score (nSPS) is 10.5. The van der Waals surface area contributed by atoms with Gasteiger partial charge in [-0.3, -0.25) is 4.79 Å². The summed E-state index contributed by atoms with van der Waals surface area (Å²) in [6.45, 7) is 0.244. The van der Waals surface area contributed by atoms with Crippen molar-refractivity contribution < 1.29 is 4.39 Å². The molecule has 0 atom stereocenters. The van der Waals surface area contributed by atoms with Crippen molar-refractivity contribution in [2.45, 2.75) is 6.54 Å². The van der Waals surface area contributed by atoms with Crippen LogP contribution < -0.4 is 5.56 Å². The highest BCUT2D eigenvalue weighted by Crippen LogP contribution is 2.20. The van der Waals surface area contributed by atoms with E-state index in [1.807, 2.05) is 22.6 Å². The van der Waals surface area contributed by atoms with Crippen LogP contribution in [0.5, 0.6) is 0 Å². The first-order chi connectivity index (χ1) is 8.08. The van der Waals surface area contributed by atoms with Gasteiger partial charge in [-0.15, -0.1) is 0 Å². The minimum atomic E-state index is -0.346. The first-order valence-corrected chi connectivity index (χ1v) is 6.60. The zero-order chi connectivity index (χ0) is 12.4. The van der Waals surface area contributed by atoms with Gasteiger partial charge in [0.2, 0.25) is 0 Å². The topological polar surface area (TPSA) is 34.9 Å². The number of nitrogens with zero attached hydrogens (tertiary/aromatic N) is 2. The van der Waals surface area contributed by atoms with Crippen molar-refractivity contribution in [1.29, 1.82) is 0 Å². The number of halogens is 3. The molecule has 1 heterocycles. The predicted octanol–water partition coefficient (Wildman–Crippen LogP) is 2.80. The zero-order valence-corrected chi connectivity index (χ0v) is 12.3. The maximum atomic E-state index is 13.3. The maximum Gasteiger partial charge on any atom is 0.268 e. The molecule has 0 N–H and O–H groups in total. The van der Waals surface area contributed by atoms with Gasteiger partial charge in [0.25, 0.3) is 5.56 Å². The predicted molar refractivity (Wildman–Crippen MR) is 74.4 cm³/mol. The van der Waals surface area contributed by atoms with Gasteiger partial charge >= 0.3 is 0 Å². The second kappa shape index (κ2) is 5.26. The van der Waals surface area contributed by atoms with Crippen molar-refractivity contribution >= 4 is 38.5 Å². The molecule has 0 saturated carbocycles. The number of hydrogen-bond acceptors (Lipinski definition) is 2. The molecule has 0 saturated heterocycles. The van der Waals surface area contributed by atoms with Gasteiger partial charge in [0.1, 0.15) is 5.82 Å². The van der Waals surface area contributed by atoms with Gasteiger partial charge in [0, 0.05) is 9.64 Å². The van der Waals surface area contributed by atoms with Crippen LogP contribution >= 0.6 is 38.5 Å². The summed E-state index contributed by atoms with van der Waals surface area (Å²) in [7, 11) is 0. The molecule has 3 nitrogen and oxygen atoms in total. The molecule has 1 aromatic heterocycles. The molecule has 2 rings (SSSR count). The third kappa shape index (κ3) is 2.92. The van der Waals surface area contributed by atoms with Crippen molar-refractivity contribution in [3.8, 4) is 0 Å². The second-order valence-corrected chi connectivity index (χ2v) is 5.42. The molecular formula is C11H7BrFIN2O. The standard InChI is InChI=1S/C11H7BrFIN2O/c12-11-7(2-1-3-9(11)13)6-16-10(17)4-8(14)5-15-16/h1-5H,6H2. The number of benzene rings is 1. The highest BCUT2D eigenvalue weighted by atomic mass is 127. The molecule has 0 spiro atoms. The van der Waals surface area contributed by atoms with E-state index in [1.165, 1.54) is 16.8 Å². The average Bonchev–Trinajstić information content (AvgIpc) is 2.28. The summed E-state index contributed by atoms with van der Waals surface area (Å²) in [6, 6.07) is 6.20. The molecule has 0 radical (unpaired) electrons. The molecule has 0 unspecified atom stereocenters. The summed E-state index contributed by atoms with van der Waals surface area (Å²) in [5, 5.41) is 4.00. The fourth-order valence-corrected chi connectivity index (χ4v) is 2.14. The minimum Gasteiger partial charge on any atom is -0.268 e. The fraction of sp³-hybridized carbons (Fsp3) is 0.0909. The molecule has 0 bridgehead atoms. The monoisotopic (exact) mass is 408 g/mol. The average molecular weight is 409 g/mol. The van der Waals surface area contributed by atoms with Gasteiger partial charge in [-0.25, -0.2) is 9.07 Å². The van der Waals surface area contributed by atoms with E-state index in [4.69, 9.17) is 0 Å². The zero-order valence-electron chi connectivity index (χ0n) is 8.53. The van der Waals surface area contributed by atoms with E-state index in [-0.39, 0.29) is 17.9 Å². The van der Waals surface area contributed by atoms with Crippen LogP contribution in [0.15, 0.2) is 39.7 Å². The molecule has 6 heteroatoms. The molecular weight excluding hydrogens is 402 g/mol. The Bertz CT molecular complexity index is 615. The Morgan fingerprint density at radius 2 is 2.24 bits per heavy atom. The molecule has 1 aromatic carbocycles. The van der Waals surface area contributed by atoms with Crippen LogP contribution in [0.4, 0.5) is 4.39 Å². The van der Waals surface area contributed by atoms with Crippen molar-refractivity contribution in [3.63, 3.8) is 0 Å². The van der Waals surface area contributed by atoms with Crippen LogP contribution in [0.1, 0.15) is 5.56 Å². The largest absolute Gasteiger partial charge is 0.268 e. The number of hydrogen-bond donors (Lipinski definition) is 0. The quantitative estimate of drug-likeness (QED) is 0.716. The van der Waals surface area contributed by atoms with Crippen LogP contribution in [-0.2, 0) is 6.54 Å². The smallest absolute Gasteiger partial charge is 0.268 e. The summed E-state index contributed by atoms with van der Waals surface area (Å²) in [5.74, 6) is -0.346. The summed E-state index contributed by atoms with van der Waals surface area (Å²) < 4.78 is 15.7. The van der Waals surface area contributed by atoms with Crippen molar-refractivity contribution in [2.75, 3.05) is 0 Å². The lowest BCUT2D eigenvalue weighted by Crippen LogP contribution is -2.23. The van der Waals surface area contributed by atoms with E-state index in [0.717, 1.165) is 3.57 Å². The van der Waals surface area contributed by atoms with Gasteiger partial charge in [-0.1, -0.05) is 12.1 Å². The van der Waals surface area contributed by atoms with E-state index < -0.39 is 0 Å². The van der Waals surface area contributed by atoms with Crippen molar-refractivity contribution in [2.24, 2.45) is 0 Å². The van der Waals surface area contributed by atoms with Gasteiger partial charge in [-0.2, -0.15) is 5.10 Å². The van der Waals surface area contributed by atoms with Gasteiger partial charge < -0.3 is 0 Å². The van der Waals surface area contributed by atoms with Gasteiger partial charge in [-0.05, 0) is 50.2 Å². The first-order valence-electron chi connectivity index (χ1n) is 4.73. The lowest BCUT2D eigenvalue weighted by molar-refractivity contribution is 0.602. The van der Waals surface area contributed by atoms with E-state index in [0.29, 0.717) is 10.0 Å². The second-order valence-electron chi connectivity index (χ2n) is 3.38. The molecule has 17 heavy (non-hydrogen) atoms. The number of rotatable bonds is 2. The Kier molecular flexibility index (Phi) is 3.93. The van der Waals surface area contributed by atoms with E-state index in [2.05, 4.69) is 21.0 Å². The molecule has 0 aliphatic heterocycles. The maximum absolute atomic E-state index is 13.3. The first kappa shape index (κ1) is 12.7. The van der Waals surface area contributed by atoms with Crippen LogP contribution in [0.2, 0.25) is 0 Å². The van der Waals surface area contributed by atoms with Crippen molar-refractivity contribution in [1.82, 2.24) is 9.78 Å². The lowest BCUT2D eigenvalue weighted by Gasteiger charge is -2.06. The summed E-state index contributed by atoms with van der Waals surface area (Å²) in [6.07, 6.45) is 1.59. The molecule has 0 aliphatic rings. The van der Waals surface area contributed by atoms with E-state index >= 15 is 0 Å². The Morgan fingerprint density at radius 1 is 1.47 bits per heavy atom. The minimum absolute atomic E-state index is 0.201. The summed E-state index contributed by atoms with van der Waals surface area (Å²) in [4.78, 5) is 11.6. The van der Waals surface area contributed by atoms with E-state index in [1.54, 1.807) is 18.3 Å². The van der Waals surface area contributed by atoms with Crippen molar-refractivity contribution in [3.05, 3.63) is 60.2 Å². The fourth-order valence-electron chi connectivity index (χ4n) is 1.36. The molecule has 0 fully saturated rings. The SMILES string of the molecule is O=c1cc(I)cnn1Cc1cccc(F)c1Br. The van der Waals surface area contributed by atoms with Gasteiger partial charge in [0.05, 0.1) is 17.2 Å². The Balaban J connectivity index is 2.38. The number of aromatic nitrogens is 2. The van der Waals surface area contributed by atoms with E-state index in [9.17, 15) is 9.18 Å². The third-order valence-corrected chi connectivity index (χ3v) is 3.67. The van der Waals surface area contributed by atoms with Crippen LogP contribution in [0, 0.1) is 9.39 Å². The van der Waals surface area contributed by atoms with Crippen LogP contribution in [0.3, 0.4) is 0 Å². The van der Waals surface area contributed by atoms with Gasteiger partial charge in [0.15, 0.2) is 0 Å². The highest BCUT2D eigenvalue weighted by Gasteiger charge is 2.07. The molecule has 88 valence electrons. The van der Waals surface area contributed by atoms with Crippen LogP contribution in [0.25, 0.3) is 0 Å². The molecule has 2 aromatic rings. The van der Waals surface area contributed by atoms with Crippen LogP contribution in [-0.4, -0.2) is 9.78 Å². The Labute approximate surface area is 119 Å². The lowest BCUT2D eigenvalue weighted by atomic mass is 10.2. The molecule has 0 amide bonds. The Morgan fingerprint density at radius 3 is 2.94 bits per heavy atom. The molecule has 0 aliphatic carbocycles. The highest BCUT2D eigenvalue weighted by molar-refractivity contribution is 14.1.